The Bertz CT molecular complexity index is 1360. The molecule has 10 heteroatoms. The van der Waals surface area contributed by atoms with E-state index in [1.165, 1.54) is 12.3 Å². The minimum absolute atomic E-state index is 0.167. The van der Waals surface area contributed by atoms with Crippen LogP contribution in [0.25, 0.3) is 0 Å². The van der Waals surface area contributed by atoms with Gasteiger partial charge in [0.05, 0.1) is 19.0 Å². The second-order valence-corrected chi connectivity index (χ2v) is 8.01. The summed E-state index contributed by atoms with van der Waals surface area (Å²) in [6.45, 7) is 2.09. The summed E-state index contributed by atoms with van der Waals surface area (Å²) in [7, 11) is 0. The first-order valence-electron chi connectivity index (χ1n) is 11.2. The molecule has 0 fully saturated rings. The molecule has 4 aromatic rings. The van der Waals surface area contributed by atoms with Crippen LogP contribution in [0.5, 0.6) is 17.4 Å². The Hall–Kier alpha value is -4.34. The quantitative estimate of drug-likeness (QED) is 0.186. The normalized spacial score (nSPS) is 11.4. The maximum atomic E-state index is 14.0. The van der Waals surface area contributed by atoms with E-state index in [4.69, 9.17) is 21.1 Å². The van der Waals surface area contributed by atoms with Crippen molar-refractivity contribution in [3.8, 4) is 17.4 Å². The number of aliphatic hydroxyl groups is 1. The lowest BCUT2D eigenvalue weighted by Crippen LogP contribution is -2.43. The van der Waals surface area contributed by atoms with Crippen molar-refractivity contribution in [1.29, 1.82) is 0 Å². The van der Waals surface area contributed by atoms with E-state index in [1.54, 1.807) is 79.7 Å². The van der Waals surface area contributed by atoms with Gasteiger partial charge in [-0.05, 0) is 53.4 Å². The number of hydrogen-bond acceptors (Lipinski definition) is 7. The maximum Gasteiger partial charge on any atom is 0.281 e. The molecule has 0 saturated carbocycles. The van der Waals surface area contributed by atoms with Crippen LogP contribution < -0.4 is 14.9 Å². The molecule has 1 heterocycles. The molecule has 0 spiro atoms. The van der Waals surface area contributed by atoms with E-state index in [9.17, 15) is 14.3 Å². The van der Waals surface area contributed by atoms with Gasteiger partial charge in [0.25, 0.3) is 11.8 Å². The molecule has 0 saturated heterocycles. The molecular weight excluding hydrogens is 499 g/mol. The van der Waals surface area contributed by atoms with Gasteiger partial charge in [-0.3, -0.25) is 4.79 Å². The van der Waals surface area contributed by atoms with E-state index < -0.39 is 17.3 Å². The van der Waals surface area contributed by atoms with Crippen LogP contribution in [0.2, 0.25) is 5.28 Å². The van der Waals surface area contributed by atoms with Crippen molar-refractivity contribution >= 4 is 23.7 Å². The van der Waals surface area contributed by atoms with Crippen molar-refractivity contribution in [2.24, 2.45) is 5.10 Å². The lowest BCUT2D eigenvalue weighted by molar-refractivity contribution is -0.136. The molecule has 0 atom stereocenters. The topological polar surface area (TPSA) is 106 Å². The lowest BCUT2D eigenvalue weighted by Gasteiger charge is -2.27. The van der Waals surface area contributed by atoms with Crippen molar-refractivity contribution < 1.29 is 23.8 Å². The number of amides is 1. The third-order valence-corrected chi connectivity index (χ3v) is 5.43. The van der Waals surface area contributed by atoms with Crippen LogP contribution in [0.15, 0.2) is 90.2 Å². The smallest absolute Gasteiger partial charge is 0.281 e. The monoisotopic (exact) mass is 520 g/mol. The number of hydrazone groups is 1. The SMILES string of the molecule is CCOc1cc(/C=N/NC(=O)C(O)(c2ccccc2)c2ccccc2)ccc1Oc1nc(Cl)ncc1F. The van der Waals surface area contributed by atoms with Crippen LogP contribution in [0.1, 0.15) is 23.6 Å². The first-order valence-corrected chi connectivity index (χ1v) is 11.6. The molecule has 1 amide bonds. The fourth-order valence-corrected chi connectivity index (χ4v) is 3.62. The third kappa shape index (κ3) is 5.91. The molecule has 37 heavy (non-hydrogen) atoms. The summed E-state index contributed by atoms with van der Waals surface area (Å²) in [4.78, 5) is 20.5. The average molecular weight is 521 g/mol. The van der Waals surface area contributed by atoms with Crippen LogP contribution in [0.3, 0.4) is 0 Å². The highest BCUT2D eigenvalue weighted by molar-refractivity contribution is 6.28. The molecule has 8 nitrogen and oxygen atoms in total. The molecule has 0 aliphatic rings. The van der Waals surface area contributed by atoms with E-state index in [1.807, 2.05) is 0 Å². The zero-order valence-corrected chi connectivity index (χ0v) is 20.4. The highest BCUT2D eigenvalue weighted by Crippen LogP contribution is 2.33. The number of halogens is 2. The number of ether oxygens (including phenoxy) is 2. The number of nitrogens with zero attached hydrogens (tertiary/aromatic N) is 3. The summed E-state index contributed by atoms with van der Waals surface area (Å²) in [5.41, 5.74) is 1.79. The van der Waals surface area contributed by atoms with Gasteiger partial charge in [-0.15, -0.1) is 0 Å². The highest BCUT2D eigenvalue weighted by atomic mass is 35.5. The summed E-state index contributed by atoms with van der Waals surface area (Å²) in [5, 5.41) is 15.3. The molecule has 0 aliphatic heterocycles. The zero-order valence-electron chi connectivity index (χ0n) is 19.6. The summed E-state index contributed by atoms with van der Waals surface area (Å²) in [6, 6.07) is 21.9. The van der Waals surface area contributed by atoms with E-state index in [0.29, 0.717) is 23.3 Å². The molecule has 0 radical (unpaired) electrons. The van der Waals surface area contributed by atoms with Crippen LogP contribution in [-0.2, 0) is 10.4 Å². The second-order valence-electron chi connectivity index (χ2n) is 7.67. The molecular formula is C27H22ClFN4O4. The number of aromatic nitrogens is 2. The van der Waals surface area contributed by atoms with E-state index in [-0.39, 0.29) is 22.7 Å². The second kappa shape index (κ2) is 11.6. The summed E-state index contributed by atoms with van der Waals surface area (Å²) < 4.78 is 25.1. The van der Waals surface area contributed by atoms with E-state index in [2.05, 4.69) is 20.5 Å². The van der Waals surface area contributed by atoms with Gasteiger partial charge in [0.2, 0.25) is 11.1 Å². The number of hydrogen-bond donors (Lipinski definition) is 2. The number of nitrogens with one attached hydrogen (secondary N) is 1. The standard InChI is InChI=1S/C27H22ClFN4O4/c1-2-36-23-15-18(13-14-22(23)37-24-21(29)17-30-26(28)32-24)16-31-33-25(34)27(35,19-9-5-3-6-10-19)20-11-7-4-8-12-20/h3-17,35H,2H2,1H3,(H,33,34)/b31-16+. The Morgan fingerprint density at radius 2 is 1.73 bits per heavy atom. The number of benzene rings is 3. The predicted octanol–water partition coefficient (Wildman–Crippen LogP) is 4.85. The van der Waals surface area contributed by atoms with Gasteiger partial charge in [-0.25, -0.2) is 10.4 Å². The van der Waals surface area contributed by atoms with Crippen molar-refractivity contribution in [1.82, 2.24) is 15.4 Å². The lowest BCUT2D eigenvalue weighted by atomic mass is 9.85. The van der Waals surface area contributed by atoms with E-state index >= 15 is 0 Å². The van der Waals surface area contributed by atoms with Crippen LogP contribution >= 0.6 is 11.6 Å². The highest BCUT2D eigenvalue weighted by Gasteiger charge is 2.39. The van der Waals surface area contributed by atoms with Crippen LogP contribution in [-0.4, -0.2) is 33.8 Å². The van der Waals surface area contributed by atoms with Gasteiger partial charge in [0, 0.05) is 0 Å². The molecule has 0 unspecified atom stereocenters. The first-order chi connectivity index (χ1) is 17.9. The minimum atomic E-state index is -1.96. The van der Waals surface area contributed by atoms with E-state index in [0.717, 1.165) is 6.20 Å². The van der Waals surface area contributed by atoms with Gasteiger partial charge in [-0.2, -0.15) is 14.5 Å². The molecule has 2 N–H and O–H groups in total. The van der Waals surface area contributed by atoms with Gasteiger partial charge in [0.15, 0.2) is 17.1 Å². The molecule has 188 valence electrons. The molecule has 1 aromatic heterocycles. The molecule has 4 rings (SSSR count). The van der Waals surface area contributed by atoms with Crippen molar-refractivity contribution in [3.05, 3.63) is 113 Å². The maximum absolute atomic E-state index is 14.0. The number of rotatable bonds is 9. The largest absolute Gasteiger partial charge is 0.490 e. The molecule has 0 bridgehead atoms. The molecule has 0 aliphatic carbocycles. The Kier molecular flexibility index (Phi) is 8.07. The number of carbonyl (C=O) groups excluding carboxylic acids is 1. The Labute approximate surface area is 217 Å². The van der Waals surface area contributed by atoms with Crippen molar-refractivity contribution in [2.45, 2.75) is 12.5 Å². The van der Waals surface area contributed by atoms with Gasteiger partial charge in [-0.1, -0.05) is 60.7 Å². The fraction of sp³-hybridized carbons (Fsp3) is 0.111. The Morgan fingerprint density at radius 1 is 1.08 bits per heavy atom. The summed E-state index contributed by atoms with van der Waals surface area (Å²) in [6.07, 6.45) is 2.28. The zero-order chi connectivity index (χ0) is 26.3. The Morgan fingerprint density at radius 3 is 2.35 bits per heavy atom. The first kappa shape index (κ1) is 25.7. The van der Waals surface area contributed by atoms with Crippen LogP contribution in [0.4, 0.5) is 4.39 Å². The van der Waals surface area contributed by atoms with Gasteiger partial charge >= 0.3 is 0 Å². The summed E-state index contributed by atoms with van der Waals surface area (Å²) >= 11 is 5.73. The van der Waals surface area contributed by atoms with Crippen LogP contribution in [0, 0.1) is 5.82 Å². The Balaban J connectivity index is 1.55. The predicted molar refractivity (Wildman–Crippen MR) is 136 cm³/mol. The summed E-state index contributed by atoms with van der Waals surface area (Å²) in [5.74, 6) is -1.39. The number of carbonyl (C=O) groups is 1. The van der Waals surface area contributed by atoms with Gasteiger partial charge < -0.3 is 14.6 Å². The average Bonchev–Trinajstić information content (AvgIpc) is 2.92. The van der Waals surface area contributed by atoms with Crippen molar-refractivity contribution in [2.75, 3.05) is 6.61 Å². The van der Waals surface area contributed by atoms with Gasteiger partial charge in [0.1, 0.15) is 0 Å². The minimum Gasteiger partial charge on any atom is -0.490 e. The third-order valence-electron chi connectivity index (χ3n) is 5.25. The van der Waals surface area contributed by atoms with Crippen molar-refractivity contribution in [3.63, 3.8) is 0 Å². The molecule has 3 aromatic carbocycles. The fourth-order valence-electron chi connectivity index (χ4n) is 3.50.